The Balaban J connectivity index is 1.79. The Morgan fingerprint density at radius 2 is 1.79 bits per heavy atom. The van der Waals surface area contributed by atoms with E-state index >= 15 is 0 Å². The molecule has 0 bridgehead atoms. The molecular formula is C18H25F3N4O3. The van der Waals surface area contributed by atoms with Gasteiger partial charge in [0.1, 0.15) is 5.75 Å². The summed E-state index contributed by atoms with van der Waals surface area (Å²) in [6.45, 7) is 4.82. The number of urea groups is 1. The van der Waals surface area contributed by atoms with E-state index < -0.39 is 6.36 Å². The van der Waals surface area contributed by atoms with Crippen molar-refractivity contribution in [3.8, 4) is 5.75 Å². The number of hydrogen-bond acceptors (Lipinski definition) is 4. The highest BCUT2D eigenvalue weighted by Crippen LogP contribution is 2.26. The topological polar surface area (TPSA) is 73.9 Å². The van der Waals surface area contributed by atoms with Crippen LogP contribution in [0.5, 0.6) is 5.75 Å². The number of halogens is 3. The number of benzene rings is 1. The van der Waals surface area contributed by atoms with Crippen LogP contribution < -0.4 is 15.4 Å². The van der Waals surface area contributed by atoms with E-state index in [4.69, 9.17) is 0 Å². The van der Waals surface area contributed by atoms with Crippen molar-refractivity contribution in [2.45, 2.75) is 26.3 Å². The van der Waals surface area contributed by atoms with E-state index in [2.05, 4.69) is 15.4 Å². The van der Waals surface area contributed by atoms with Gasteiger partial charge in [0, 0.05) is 44.8 Å². The summed E-state index contributed by atoms with van der Waals surface area (Å²) in [5.74, 6) is -0.376. The molecule has 3 amide bonds. The van der Waals surface area contributed by atoms with Crippen molar-refractivity contribution in [3.63, 3.8) is 0 Å². The second-order valence-electron chi connectivity index (χ2n) is 6.43. The molecule has 2 rings (SSSR count). The van der Waals surface area contributed by atoms with Gasteiger partial charge in [0.2, 0.25) is 5.91 Å². The first-order chi connectivity index (χ1) is 13.3. The van der Waals surface area contributed by atoms with E-state index in [1.807, 2.05) is 11.8 Å². The highest BCUT2D eigenvalue weighted by Gasteiger charge is 2.32. The number of nitrogens with zero attached hydrogens (tertiary/aromatic N) is 2. The highest BCUT2D eigenvalue weighted by molar-refractivity contribution is 5.78. The Morgan fingerprint density at radius 1 is 1.11 bits per heavy atom. The number of alkyl halides is 3. The number of nitrogens with one attached hydrogen (secondary N) is 2. The molecule has 2 N–H and O–H groups in total. The molecule has 28 heavy (non-hydrogen) atoms. The predicted octanol–water partition coefficient (Wildman–Crippen LogP) is 1.94. The summed E-state index contributed by atoms with van der Waals surface area (Å²) in [5, 5.41) is 5.43. The predicted molar refractivity (Wildman–Crippen MR) is 96.7 cm³/mol. The molecule has 1 aromatic rings. The van der Waals surface area contributed by atoms with Gasteiger partial charge >= 0.3 is 12.4 Å². The number of para-hydroxylation sites is 1. The van der Waals surface area contributed by atoms with Crippen molar-refractivity contribution in [2.24, 2.45) is 0 Å². The molecule has 1 saturated heterocycles. The minimum absolute atomic E-state index is 0.0407. The average molecular weight is 402 g/mol. The largest absolute Gasteiger partial charge is 0.573 e. The van der Waals surface area contributed by atoms with Crippen LogP contribution in [0.2, 0.25) is 0 Å². The fourth-order valence-electron chi connectivity index (χ4n) is 2.79. The maximum atomic E-state index is 12.5. The summed E-state index contributed by atoms with van der Waals surface area (Å²) in [6, 6.07) is 5.32. The summed E-state index contributed by atoms with van der Waals surface area (Å²) < 4.78 is 41.3. The maximum Gasteiger partial charge on any atom is 0.573 e. The Kier molecular flexibility index (Phi) is 7.91. The molecule has 0 saturated carbocycles. The molecule has 0 atom stereocenters. The minimum atomic E-state index is -4.79. The zero-order chi connectivity index (χ0) is 20.6. The van der Waals surface area contributed by atoms with Crippen LogP contribution in [0.15, 0.2) is 24.3 Å². The number of piperazine rings is 1. The molecule has 0 spiro atoms. The molecule has 1 aliphatic rings. The van der Waals surface area contributed by atoms with Crippen LogP contribution in [0.3, 0.4) is 0 Å². The fraction of sp³-hybridized carbons (Fsp3) is 0.556. The molecule has 1 aliphatic heterocycles. The number of carbonyl (C=O) groups is 2. The Hall–Kier alpha value is -2.49. The lowest BCUT2D eigenvalue weighted by Crippen LogP contribution is -2.53. The third-order valence-electron chi connectivity index (χ3n) is 4.23. The Bertz CT molecular complexity index is 662. The number of hydrogen-bond donors (Lipinski definition) is 2. The molecule has 156 valence electrons. The van der Waals surface area contributed by atoms with Crippen molar-refractivity contribution in [1.82, 2.24) is 20.4 Å². The highest BCUT2D eigenvalue weighted by atomic mass is 19.4. The van der Waals surface area contributed by atoms with Gasteiger partial charge in [0.15, 0.2) is 0 Å². The molecule has 1 aromatic carbocycles. The SMILES string of the molecule is CCCNC(=O)CN1CCN(C(=O)NCc2ccccc2OC(F)(F)F)CC1. The lowest BCUT2D eigenvalue weighted by molar-refractivity contribution is -0.274. The van der Waals surface area contributed by atoms with Gasteiger partial charge in [-0.25, -0.2) is 4.79 Å². The number of amides is 3. The number of carbonyl (C=O) groups excluding carboxylic acids is 2. The molecule has 1 fully saturated rings. The van der Waals surface area contributed by atoms with Gasteiger partial charge in [-0.15, -0.1) is 13.2 Å². The third kappa shape index (κ3) is 7.26. The van der Waals surface area contributed by atoms with E-state index in [1.54, 1.807) is 11.0 Å². The van der Waals surface area contributed by atoms with Crippen molar-refractivity contribution in [1.29, 1.82) is 0 Å². The van der Waals surface area contributed by atoms with Gasteiger partial charge in [-0.1, -0.05) is 25.1 Å². The smallest absolute Gasteiger partial charge is 0.405 e. The van der Waals surface area contributed by atoms with Crippen LogP contribution in [-0.4, -0.2) is 67.4 Å². The van der Waals surface area contributed by atoms with E-state index in [0.29, 0.717) is 32.7 Å². The van der Waals surface area contributed by atoms with E-state index in [9.17, 15) is 22.8 Å². The quantitative estimate of drug-likeness (QED) is 0.731. The van der Waals surface area contributed by atoms with Crippen molar-refractivity contribution >= 4 is 11.9 Å². The van der Waals surface area contributed by atoms with Gasteiger partial charge in [0.25, 0.3) is 0 Å². The molecule has 0 radical (unpaired) electrons. The second-order valence-corrected chi connectivity index (χ2v) is 6.43. The van der Waals surface area contributed by atoms with Crippen LogP contribution in [0.1, 0.15) is 18.9 Å². The first-order valence-electron chi connectivity index (χ1n) is 9.14. The molecule has 0 unspecified atom stereocenters. The summed E-state index contributed by atoms with van der Waals surface area (Å²) in [6.07, 6.45) is -3.92. The van der Waals surface area contributed by atoms with Crippen molar-refractivity contribution < 1.29 is 27.5 Å². The third-order valence-corrected chi connectivity index (χ3v) is 4.23. The molecule has 10 heteroatoms. The normalized spacial score (nSPS) is 15.2. The Labute approximate surface area is 161 Å². The van der Waals surface area contributed by atoms with Crippen molar-refractivity contribution in [2.75, 3.05) is 39.3 Å². The molecular weight excluding hydrogens is 377 g/mol. The van der Waals surface area contributed by atoms with E-state index in [1.165, 1.54) is 18.2 Å². The van der Waals surface area contributed by atoms with Gasteiger partial charge in [0.05, 0.1) is 6.54 Å². The van der Waals surface area contributed by atoms with Crippen LogP contribution >= 0.6 is 0 Å². The molecule has 1 heterocycles. The minimum Gasteiger partial charge on any atom is -0.405 e. The van der Waals surface area contributed by atoms with E-state index in [0.717, 1.165) is 6.42 Å². The van der Waals surface area contributed by atoms with Crippen LogP contribution in [0.25, 0.3) is 0 Å². The average Bonchev–Trinajstić information content (AvgIpc) is 2.65. The Morgan fingerprint density at radius 3 is 2.43 bits per heavy atom. The van der Waals surface area contributed by atoms with Crippen LogP contribution in [0.4, 0.5) is 18.0 Å². The number of ether oxygens (including phenoxy) is 1. The van der Waals surface area contributed by atoms with Gasteiger partial charge < -0.3 is 20.3 Å². The lowest BCUT2D eigenvalue weighted by atomic mass is 10.2. The zero-order valence-corrected chi connectivity index (χ0v) is 15.7. The summed E-state index contributed by atoms with van der Waals surface area (Å²) in [7, 11) is 0. The summed E-state index contributed by atoms with van der Waals surface area (Å²) in [4.78, 5) is 27.6. The first-order valence-corrected chi connectivity index (χ1v) is 9.14. The standard InChI is InChI=1S/C18H25F3N4O3/c1-2-7-22-16(26)13-24-8-10-25(11-9-24)17(27)23-12-14-5-3-4-6-15(14)28-18(19,20)21/h3-6H,2,7-13H2,1H3,(H,22,26)(H,23,27). The second kappa shape index (κ2) is 10.2. The molecule has 0 aromatic heterocycles. The summed E-state index contributed by atoms with van der Waals surface area (Å²) >= 11 is 0. The van der Waals surface area contributed by atoms with Gasteiger partial charge in [-0.2, -0.15) is 0 Å². The van der Waals surface area contributed by atoms with Crippen LogP contribution in [-0.2, 0) is 11.3 Å². The number of rotatable bonds is 7. The maximum absolute atomic E-state index is 12.5. The molecule has 7 nitrogen and oxygen atoms in total. The first kappa shape index (κ1) is 21.8. The lowest BCUT2D eigenvalue weighted by Gasteiger charge is -2.34. The monoisotopic (exact) mass is 402 g/mol. The van der Waals surface area contributed by atoms with Crippen LogP contribution in [0, 0.1) is 0 Å². The zero-order valence-electron chi connectivity index (χ0n) is 15.7. The molecule has 0 aliphatic carbocycles. The van der Waals surface area contributed by atoms with Gasteiger partial charge in [-0.05, 0) is 12.5 Å². The fourth-order valence-corrected chi connectivity index (χ4v) is 2.79. The van der Waals surface area contributed by atoms with Crippen molar-refractivity contribution in [3.05, 3.63) is 29.8 Å². The van der Waals surface area contributed by atoms with E-state index in [-0.39, 0.29) is 36.3 Å². The summed E-state index contributed by atoms with van der Waals surface area (Å²) in [5.41, 5.74) is 0.236. The van der Waals surface area contributed by atoms with Gasteiger partial charge in [-0.3, -0.25) is 9.69 Å².